The fourth-order valence-corrected chi connectivity index (χ4v) is 2.81. The molecule has 1 heterocycles. The van der Waals surface area contributed by atoms with Gasteiger partial charge in [-0.15, -0.1) is 0 Å². The van der Waals surface area contributed by atoms with Gasteiger partial charge in [0, 0.05) is 22.9 Å². The van der Waals surface area contributed by atoms with Crippen LogP contribution in [0.3, 0.4) is 0 Å². The predicted molar refractivity (Wildman–Crippen MR) is 95.2 cm³/mol. The van der Waals surface area contributed by atoms with Crippen molar-refractivity contribution in [2.45, 2.75) is 0 Å². The highest BCUT2D eigenvalue weighted by Crippen LogP contribution is 2.35. The number of nitrogens with zero attached hydrogens (tertiary/aromatic N) is 2. The molecule has 1 N–H and O–H groups in total. The molecule has 130 valence electrons. The van der Waals surface area contributed by atoms with Gasteiger partial charge in [-0.3, -0.25) is 15.0 Å². The molecule has 0 saturated heterocycles. The standard InChI is InChI=1S/C18H13N3O5/c1-24-9-7-12(25-2)14-13(8-9)26-21-18(14)20-19-15-16(22)10-5-3-4-6-11(10)17(15)23/h3-8H,1-2H3,(H,20,21). The van der Waals surface area contributed by atoms with Crippen LogP contribution in [0.4, 0.5) is 5.82 Å². The van der Waals surface area contributed by atoms with Crippen LogP contribution in [-0.2, 0) is 0 Å². The molecule has 0 saturated carbocycles. The van der Waals surface area contributed by atoms with E-state index in [9.17, 15) is 9.59 Å². The molecule has 4 rings (SSSR count). The number of methoxy groups -OCH3 is 2. The first-order valence-electron chi connectivity index (χ1n) is 7.67. The van der Waals surface area contributed by atoms with Gasteiger partial charge in [0.05, 0.1) is 14.2 Å². The van der Waals surface area contributed by atoms with E-state index in [0.717, 1.165) is 0 Å². The third-order valence-electron chi connectivity index (χ3n) is 4.09. The quantitative estimate of drug-likeness (QED) is 0.556. The van der Waals surface area contributed by atoms with Crippen LogP contribution in [-0.4, -0.2) is 19.4 Å². The molecule has 1 aromatic heterocycles. The van der Waals surface area contributed by atoms with Gasteiger partial charge in [0.1, 0.15) is 16.9 Å². The Morgan fingerprint density at radius 1 is 1.04 bits per heavy atom. The van der Waals surface area contributed by atoms with Crippen LogP contribution in [0.15, 0.2) is 55.6 Å². The lowest BCUT2D eigenvalue weighted by molar-refractivity contribution is 0.395. The molecule has 0 spiro atoms. The van der Waals surface area contributed by atoms with Crippen molar-refractivity contribution in [1.29, 1.82) is 0 Å². The predicted octanol–water partition coefficient (Wildman–Crippen LogP) is 1.52. The van der Waals surface area contributed by atoms with Gasteiger partial charge in [0.25, 0.3) is 0 Å². The Morgan fingerprint density at radius 2 is 1.73 bits per heavy atom. The molecular formula is C18H13N3O5. The highest BCUT2D eigenvalue weighted by atomic mass is 16.5. The maximum absolute atomic E-state index is 12.4. The van der Waals surface area contributed by atoms with Crippen molar-refractivity contribution in [3.05, 3.63) is 62.2 Å². The molecule has 8 heteroatoms. The lowest BCUT2D eigenvalue weighted by atomic mass is 10.2. The van der Waals surface area contributed by atoms with Gasteiger partial charge < -0.3 is 14.0 Å². The van der Waals surface area contributed by atoms with Crippen molar-refractivity contribution in [2.24, 2.45) is 5.10 Å². The lowest BCUT2D eigenvalue weighted by Crippen LogP contribution is -2.32. The third kappa shape index (κ3) is 2.31. The van der Waals surface area contributed by atoms with E-state index in [1.165, 1.54) is 14.2 Å². The molecule has 0 bridgehead atoms. The van der Waals surface area contributed by atoms with E-state index in [0.29, 0.717) is 33.2 Å². The van der Waals surface area contributed by atoms with Gasteiger partial charge in [0.2, 0.25) is 16.7 Å². The van der Waals surface area contributed by atoms with E-state index in [2.05, 4.69) is 15.7 Å². The zero-order chi connectivity index (χ0) is 18.3. The van der Waals surface area contributed by atoms with E-state index in [1.807, 2.05) is 0 Å². The molecule has 8 nitrogen and oxygen atoms in total. The lowest BCUT2D eigenvalue weighted by Gasteiger charge is -2.05. The Labute approximate surface area is 146 Å². The van der Waals surface area contributed by atoms with E-state index >= 15 is 0 Å². The summed E-state index contributed by atoms with van der Waals surface area (Å²) in [6.45, 7) is 0. The van der Waals surface area contributed by atoms with Crippen molar-refractivity contribution in [2.75, 3.05) is 19.6 Å². The van der Waals surface area contributed by atoms with Crippen molar-refractivity contribution in [1.82, 2.24) is 5.16 Å². The van der Waals surface area contributed by atoms with Crippen molar-refractivity contribution in [3.8, 4) is 11.5 Å². The van der Waals surface area contributed by atoms with Crippen molar-refractivity contribution >= 4 is 27.6 Å². The Morgan fingerprint density at radius 3 is 2.35 bits per heavy atom. The zero-order valence-corrected chi connectivity index (χ0v) is 13.9. The minimum absolute atomic E-state index is 0.199. The smallest absolute Gasteiger partial charge is 0.217 e. The number of aromatic nitrogens is 1. The van der Waals surface area contributed by atoms with E-state index in [-0.39, 0.29) is 11.2 Å². The fourth-order valence-electron chi connectivity index (χ4n) is 2.81. The molecule has 0 atom stereocenters. The molecule has 0 unspecified atom stereocenters. The van der Waals surface area contributed by atoms with E-state index in [1.54, 1.807) is 36.4 Å². The van der Waals surface area contributed by atoms with Crippen molar-refractivity contribution in [3.63, 3.8) is 0 Å². The second-order valence-electron chi connectivity index (χ2n) is 5.51. The largest absolute Gasteiger partial charge is 0.496 e. The minimum Gasteiger partial charge on any atom is -0.496 e. The van der Waals surface area contributed by atoms with Crippen LogP contribution < -0.4 is 31.1 Å². The Bertz CT molecular complexity index is 1230. The first-order valence-corrected chi connectivity index (χ1v) is 7.67. The SMILES string of the molecule is COc1cc(OC)c2c(NN=c3c(=O)c4ccccc4c3=O)noc2c1. The summed E-state index contributed by atoms with van der Waals surface area (Å²) in [4.78, 5) is 24.7. The van der Waals surface area contributed by atoms with Gasteiger partial charge in [-0.1, -0.05) is 29.4 Å². The number of rotatable bonds is 4. The molecule has 0 fully saturated rings. The maximum Gasteiger partial charge on any atom is 0.217 e. The second-order valence-corrected chi connectivity index (χ2v) is 5.51. The molecule has 0 aliphatic rings. The highest BCUT2D eigenvalue weighted by molar-refractivity contribution is 5.94. The van der Waals surface area contributed by atoms with E-state index in [4.69, 9.17) is 14.0 Å². The second kappa shape index (κ2) is 5.99. The van der Waals surface area contributed by atoms with Gasteiger partial charge in [-0.05, 0) is 0 Å². The molecule has 0 radical (unpaired) electrons. The number of nitrogens with one attached hydrogen (secondary N) is 1. The Hall–Kier alpha value is -3.68. The first-order chi connectivity index (χ1) is 12.6. The average Bonchev–Trinajstić information content (AvgIpc) is 3.19. The summed E-state index contributed by atoms with van der Waals surface area (Å²) in [7, 11) is 3.02. The summed E-state index contributed by atoms with van der Waals surface area (Å²) in [6, 6.07) is 9.90. The van der Waals surface area contributed by atoms with E-state index < -0.39 is 10.9 Å². The number of ether oxygens (including phenoxy) is 2. The molecule has 4 aromatic rings. The monoisotopic (exact) mass is 351 g/mol. The number of benzene rings is 2. The Kier molecular flexibility index (Phi) is 3.65. The average molecular weight is 351 g/mol. The Balaban J connectivity index is 1.86. The van der Waals surface area contributed by atoms with Crippen LogP contribution >= 0.6 is 0 Å². The van der Waals surface area contributed by atoms with Gasteiger partial charge in [-0.2, -0.15) is 5.10 Å². The third-order valence-corrected chi connectivity index (χ3v) is 4.09. The molecule has 26 heavy (non-hydrogen) atoms. The molecule has 3 aromatic carbocycles. The summed E-state index contributed by atoms with van der Waals surface area (Å²) >= 11 is 0. The number of hydrogen-bond acceptors (Lipinski definition) is 8. The van der Waals surface area contributed by atoms with Gasteiger partial charge in [-0.25, -0.2) is 0 Å². The number of fused-ring (bicyclic) bond motifs is 2. The molecule has 0 amide bonds. The summed E-state index contributed by atoms with van der Waals surface area (Å²) < 4.78 is 15.8. The molecule has 0 aliphatic carbocycles. The maximum atomic E-state index is 12.4. The van der Waals surface area contributed by atoms with Crippen LogP contribution in [0.5, 0.6) is 11.5 Å². The van der Waals surface area contributed by atoms with Crippen molar-refractivity contribution < 1.29 is 14.0 Å². The van der Waals surface area contributed by atoms with Crippen LogP contribution in [0.1, 0.15) is 0 Å². The number of anilines is 1. The fraction of sp³-hybridized carbons (Fsp3) is 0.111. The molecular weight excluding hydrogens is 338 g/mol. The highest BCUT2D eigenvalue weighted by Gasteiger charge is 2.16. The van der Waals surface area contributed by atoms with Crippen LogP contribution in [0.2, 0.25) is 0 Å². The van der Waals surface area contributed by atoms with Gasteiger partial charge >= 0.3 is 0 Å². The molecule has 0 aliphatic heterocycles. The summed E-state index contributed by atoms with van der Waals surface area (Å²) in [5.41, 5.74) is 2.19. The summed E-state index contributed by atoms with van der Waals surface area (Å²) in [6.07, 6.45) is 0. The van der Waals surface area contributed by atoms with Gasteiger partial charge in [0.15, 0.2) is 10.9 Å². The summed E-state index contributed by atoms with van der Waals surface area (Å²) in [5.74, 6) is 1.22. The number of hydrogen-bond donors (Lipinski definition) is 1. The summed E-state index contributed by atoms with van der Waals surface area (Å²) in [5, 5.41) is 8.86. The first kappa shape index (κ1) is 15.8. The van der Waals surface area contributed by atoms with Crippen LogP contribution in [0.25, 0.3) is 21.7 Å². The minimum atomic E-state index is -0.431. The normalized spacial score (nSPS) is 11.0. The zero-order valence-electron chi connectivity index (χ0n) is 13.9. The van der Waals surface area contributed by atoms with Crippen LogP contribution in [0, 0.1) is 0 Å². The topological polar surface area (TPSA) is 103 Å².